The summed E-state index contributed by atoms with van der Waals surface area (Å²) in [5.41, 5.74) is 1.92. The first-order valence-electron chi connectivity index (χ1n) is 8.52. The van der Waals surface area contributed by atoms with Crippen LogP contribution in [-0.4, -0.2) is 17.8 Å². The van der Waals surface area contributed by atoms with Gasteiger partial charge in [0.15, 0.2) is 0 Å². The maximum absolute atomic E-state index is 12.4. The van der Waals surface area contributed by atoms with Crippen molar-refractivity contribution in [3.05, 3.63) is 82.0 Å². The SMILES string of the molecule is CC(=O)Oc1cccc(C(=O)Nc2ccc(CNC(=O)c3cccs3)cc2)c1. The zero-order chi connectivity index (χ0) is 19.9. The number of hydrogen-bond acceptors (Lipinski definition) is 5. The van der Waals surface area contributed by atoms with Crippen molar-refractivity contribution in [2.45, 2.75) is 13.5 Å². The summed E-state index contributed by atoms with van der Waals surface area (Å²) < 4.78 is 4.99. The smallest absolute Gasteiger partial charge is 0.308 e. The molecule has 0 fully saturated rings. The minimum absolute atomic E-state index is 0.111. The molecule has 0 radical (unpaired) electrons. The van der Waals surface area contributed by atoms with Gasteiger partial charge in [-0.25, -0.2) is 0 Å². The number of carbonyl (C=O) groups is 3. The number of thiophene rings is 1. The molecule has 1 heterocycles. The Hall–Kier alpha value is -3.45. The highest BCUT2D eigenvalue weighted by Crippen LogP contribution is 2.16. The molecule has 28 heavy (non-hydrogen) atoms. The quantitative estimate of drug-likeness (QED) is 0.491. The number of ether oxygens (including phenoxy) is 1. The maximum Gasteiger partial charge on any atom is 0.308 e. The van der Waals surface area contributed by atoms with Crippen molar-refractivity contribution < 1.29 is 19.1 Å². The molecule has 0 spiro atoms. The number of carbonyl (C=O) groups excluding carboxylic acids is 3. The Bertz CT molecular complexity index is 982. The van der Waals surface area contributed by atoms with Gasteiger partial charge in [0.25, 0.3) is 11.8 Å². The molecule has 0 aliphatic rings. The predicted molar refractivity (Wildman–Crippen MR) is 108 cm³/mol. The van der Waals surface area contributed by atoms with Crippen molar-refractivity contribution in [3.8, 4) is 5.75 Å². The molecular weight excluding hydrogens is 376 g/mol. The summed E-state index contributed by atoms with van der Waals surface area (Å²) in [4.78, 5) is 36.0. The van der Waals surface area contributed by atoms with E-state index in [9.17, 15) is 14.4 Å². The van der Waals surface area contributed by atoms with E-state index in [0.29, 0.717) is 28.4 Å². The minimum Gasteiger partial charge on any atom is -0.427 e. The minimum atomic E-state index is -0.445. The molecule has 0 saturated carbocycles. The van der Waals surface area contributed by atoms with E-state index >= 15 is 0 Å². The first-order valence-corrected chi connectivity index (χ1v) is 9.40. The molecule has 2 aromatic carbocycles. The third-order valence-electron chi connectivity index (χ3n) is 3.77. The molecule has 0 aliphatic carbocycles. The van der Waals surface area contributed by atoms with E-state index in [4.69, 9.17) is 4.74 Å². The van der Waals surface area contributed by atoms with E-state index in [2.05, 4.69) is 10.6 Å². The highest BCUT2D eigenvalue weighted by Gasteiger charge is 2.09. The predicted octanol–water partition coefficient (Wildman–Crippen LogP) is 3.86. The highest BCUT2D eigenvalue weighted by atomic mass is 32.1. The zero-order valence-electron chi connectivity index (χ0n) is 15.1. The van der Waals surface area contributed by atoms with Gasteiger partial charge in [0.1, 0.15) is 5.75 Å². The van der Waals surface area contributed by atoms with Gasteiger partial charge in [0.2, 0.25) is 0 Å². The van der Waals surface area contributed by atoms with Gasteiger partial charge in [-0.05, 0) is 47.3 Å². The highest BCUT2D eigenvalue weighted by molar-refractivity contribution is 7.12. The summed E-state index contributed by atoms with van der Waals surface area (Å²) in [6.07, 6.45) is 0. The van der Waals surface area contributed by atoms with Gasteiger partial charge >= 0.3 is 5.97 Å². The van der Waals surface area contributed by atoms with E-state index in [1.165, 1.54) is 24.3 Å². The van der Waals surface area contributed by atoms with Crippen LogP contribution in [0.2, 0.25) is 0 Å². The molecule has 0 bridgehead atoms. The molecule has 0 unspecified atom stereocenters. The fraction of sp³-hybridized carbons (Fsp3) is 0.0952. The van der Waals surface area contributed by atoms with Gasteiger partial charge in [0.05, 0.1) is 4.88 Å². The lowest BCUT2D eigenvalue weighted by Crippen LogP contribution is -2.21. The van der Waals surface area contributed by atoms with Gasteiger partial charge in [-0.15, -0.1) is 11.3 Å². The molecule has 2 N–H and O–H groups in total. The lowest BCUT2D eigenvalue weighted by atomic mass is 10.1. The van der Waals surface area contributed by atoms with E-state index in [1.54, 1.807) is 36.4 Å². The van der Waals surface area contributed by atoms with E-state index < -0.39 is 5.97 Å². The van der Waals surface area contributed by atoms with Crippen LogP contribution in [0.1, 0.15) is 32.5 Å². The van der Waals surface area contributed by atoms with Crippen molar-refractivity contribution in [1.82, 2.24) is 5.32 Å². The molecule has 3 aromatic rings. The van der Waals surface area contributed by atoms with Gasteiger partial charge in [-0.1, -0.05) is 24.3 Å². The Labute approximate surface area is 166 Å². The average molecular weight is 394 g/mol. The first kappa shape index (κ1) is 19.3. The van der Waals surface area contributed by atoms with E-state index in [0.717, 1.165) is 5.56 Å². The molecule has 0 atom stereocenters. The Morgan fingerprint density at radius 1 is 0.964 bits per heavy atom. The van der Waals surface area contributed by atoms with Gasteiger partial charge in [0, 0.05) is 24.7 Å². The summed E-state index contributed by atoms with van der Waals surface area (Å²) >= 11 is 1.39. The van der Waals surface area contributed by atoms with Crippen LogP contribution < -0.4 is 15.4 Å². The number of hydrogen-bond donors (Lipinski definition) is 2. The van der Waals surface area contributed by atoms with Crippen LogP contribution in [0.25, 0.3) is 0 Å². The number of anilines is 1. The molecule has 3 rings (SSSR count). The summed E-state index contributed by atoms with van der Waals surface area (Å²) in [7, 11) is 0. The van der Waals surface area contributed by atoms with Gasteiger partial charge in [-0.2, -0.15) is 0 Å². The Morgan fingerprint density at radius 3 is 2.43 bits per heavy atom. The third-order valence-corrected chi connectivity index (χ3v) is 4.64. The number of amides is 2. The summed E-state index contributed by atoms with van der Waals surface area (Å²) in [5, 5.41) is 7.50. The van der Waals surface area contributed by atoms with Crippen LogP contribution in [0.4, 0.5) is 5.69 Å². The standard InChI is InChI=1S/C21H18N2O4S/c1-14(24)27-18-5-2-4-16(12-18)20(25)23-17-9-7-15(8-10-17)13-22-21(26)19-6-3-11-28-19/h2-12H,13H2,1H3,(H,22,26)(H,23,25). The largest absolute Gasteiger partial charge is 0.427 e. The monoisotopic (exact) mass is 394 g/mol. The normalized spacial score (nSPS) is 10.2. The van der Waals surface area contributed by atoms with Crippen LogP contribution in [0.5, 0.6) is 5.75 Å². The van der Waals surface area contributed by atoms with Crippen LogP contribution >= 0.6 is 11.3 Å². The van der Waals surface area contributed by atoms with Crippen molar-refractivity contribution in [2.75, 3.05) is 5.32 Å². The van der Waals surface area contributed by atoms with Crippen LogP contribution in [0.3, 0.4) is 0 Å². The third kappa shape index (κ3) is 5.28. The van der Waals surface area contributed by atoms with Crippen LogP contribution in [-0.2, 0) is 11.3 Å². The molecule has 2 amide bonds. The van der Waals surface area contributed by atoms with E-state index in [-0.39, 0.29) is 11.8 Å². The second-order valence-electron chi connectivity index (χ2n) is 5.93. The van der Waals surface area contributed by atoms with Crippen molar-refractivity contribution >= 4 is 34.8 Å². The van der Waals surface area contributed by atoms with Gasteiger partial charge in [-0.3, -0.25) is 14.4 Å². The summed E-state index contributed by atoms with van der Waals surface area (Å²) in [6.45, 7) is 1.70. The zero-order valence-corrected chi connectivity index (χ0v) is 15.9. The number of nitrogens with one attached hydrogen (secondary N) is 2. The second-order valence-corrected chi connectivity index (χ2v) is 6.88. The topological polar surface area (TPSA) is 84.5 Å². The number of rotatable bonds is 6. The Kier molecular flexibility index (Phi) is 6.18. The maximum atomic E-state index is 12.4. The average Bonchev–Trinajstić information content (AvgIpc) is 3.22. The fourth-order valence-electron chi connectivity index (χ4n) is 2.45. The Balaban J connectivity index is 1.57. The van der Waals surface area contributed by atoms with Crippen molar-refractivity contribution in [2.24, 2.45) is 0 Å². The van der Waals surface area contributed by atoms with E-state index in [1.807, 2.05) is 23.6 Å². The molecule has 1 aromatic heterocycles. The number of esters is 1. The summed E-state index contributed by atoms with van der Waals surface area (Å²) in [6, 6.07) is 17.2. The van der Waals surface area contributed by atoms with Crippen LogP contribution in [0.15, 0.2) is 66.0 Å². The fourth-order valence-corrected chi connectivity index (χ4v) is 3.09. The molecule has 0 saturated heterocycles. The molecule has 0 aliphatic heterocycles. The van der Waals surface area contributed by atoms with Gasteiger partial charge < -0.3 is 15.4 Å². The first-order chi connectivity index (χ1) is 13.5. The molecule has 142 valence electrons. The second kappa shape index (κ2) is 8.96. The van der Waals surface area contributed by atoms with Crippen LogP contribution in [0, 0.1) is 0 Å². The van der Waals surface area contributed by atoms with Crippen molar-refractivity contribution in [1.29, 1.82) is 0 Å². The molecule has 7 heteroatoms. The molecular formula is C21H18N2O4S. The Morgan fingerprint density at radius 2 is 1.75 bits per heavy atom. The lowest BCUT2D eigenvalue weighted by molar-refractivity contribution is -0.131. The van der Waals surface area contributed by atoms with Crippen molar-refractivity contribution in [3.63, 3.8) is 0 Å². The summed E-state index contributed by atoms with van der Waals surface area (Å²) in [5.74, 6) is -0.552. The lowest BCUT2D eigenvalue weighted by Gasteiger charge is -2.08. The molecule has 6 nitrogen and oxygen atoms in total. The number of benzene rings is 2.